The Labute approximate surface area is 765 Å². The summed E-state index contributed by atoms with van der Waals surface area (Å²) in [5, 5.41) is 16.2. The average Bonchev–Trinajstić information content (AvgIpc) is 1.59. The zero-order valence-electron chi connectivity index (χ0n) is 76.6. The fraction of sp³-hybridized carbons (Fsp3) is 0.761. The predicted octanol–water partition coefficient (Wildman–Crippen LogP) is 6.85. The lowest BCUT2D eigenvalue weighted by Gasteiger charge is -2.27. The second-order valence-electron chi connectivity index (χ2n) is 30.0. The molecular weight excluding hydrogens is 1740 g/mol. The molecule has 3 aliphatic rings. The Morgan fingerprint density at radius 1 is 0.442 bits per heavy atom. The molecule has 129 heavy (non-hydrogen) atoms. The number of amides is 3. The van der Waals surface area contributed by atoms with Crippen molar-refractivity contribution in [2.45, 2.75) is 113 Å². The molecule has 3 aliphatic heterocycles. The Bertz CT molecular complexity index is 3440. The third-order valence-electron chi connectivity index (χ3n) is 19.6. The maximum atomic E-state index is 12.8. The van der Waals surface area contributed by atoms with Gasteiger partial charge < -0.3 is 129 Å². The molecule has 0 spiro atoms. The third-order valence-corrected chi connectivity index (χ3v) is 21.0. The second-order valence-corrected chi connectivity index (χ2v) is 32.2. The molecular formula is C88H147N4O35S2+. The largest absolute Gasteiger partial charge is 0.382 e. The smallest absolute Gasteiger partial charge is 0.333 e. The van der Waals surface area contributed by atoms with Gasteiger partial charge in [-0.05, 0) is 81.5 Å². The van der Waals surface area contributed by atoms with Crippen LogP contribution in [0.25, 0.3) is 0 Å². The van der Waals surface area contributed by atoms with Crippen molar-refractivity contribution >= 4 is 62.9 Å². The quantitative estimate of drug-likeness (QED) is 0.0116. The van der Waals surface area contributed by atoms with Gasteiger partial charge >= 0.3 is 5.97 Å². The van der Waals surface area contributed by atoms with Crippen LogP contribution in [0.15, 0.2) is 70.1 Å². The summed E-state index contributed by atoms with van der Waals surface area (Å²) in [6.45, 7) is 31.7. The molecule has 2 aromatic rings. The van der Waals surface area contributed by atoms with E-state index >= 15 is 0 Å². The topological polar surface area (TPSA) is 414 Å². The maximum absolute atomic E-state index is 12.8. The standard InChI is InChI=1S/C88H146N4O35S2/c1-87(2)77-73-75(128-127-126-97)17-19-79(77)90(25-11-7-9-16-86(96)125-92-84(94)21-22-85(92)95)81(87)13-12-14-82-88(3,4)78-74-76(129(98,99)100)18-20-80(78)91(82)24-10-6-8-15-83(93)89-23-26-102-29-30-104-33-34-106-37-38-108-41-42-110-45-46-112-49-50-114-53-54-116-57-58-118-61-62-120-65-66-122-69-70-124-72-71-123-68-67-121-64-63-119-60-59-117-56-55-115-52-51-113-48-47-111-44-43-109-40-39-107-36-35-105-32-31-103-28-27-101-5/h12-14,17-20,73-74H,6-11,15-16,21-72H2,1-5H3,(H2-,89,93,97,98,99,100)/p+1. The molecule has 3 amide bonds. The van der Waals surface area contributed by atoms with E-state index in [1.165, 1.54) is 12.1 Å². The van der Waals surface area contributed by atoms with Gasteiger partial charge in [0.05, 0.1) is 333 Å². The summed E-state index contributed by atoms with van der Waals surface area (Å²) in [6.07, 6.45) is 10.4. The third kappa shape index (κ3) is 52.9. The highest BCUT2D eigenvalue weighted by Gasteiger charge is 2.45. The molecule has 3 heterocycles. The summed E-state index contributed by atoms with van der Waals surface area (Å²) < 4.78 is 174. The number of hydrogen-bond donors (Lipinski definition) is 3. The first-order chi connectivity index (χ1) is 63.0. The van der Waals surface area contributed by atoms with Crippen LogP contribution in [0, 0.1) is 0 Å². The predicted molar refractivity (Wildman–Crippen MR) is 472 cm³/mol. The molecule has 1 saturated heterocycles. The van der Waals surface area contributed by atoms with Crippen LogP contribution in [-0.4, -0.2) is 395 Å². The Morgan fingerprint density at radius 2 is 0.798 bits per heavy atom. The van der Waals surface area contributed by atoms with Gasteiger partial charge in [-0.1, -0.05) is 31.4 Å². The minimum absolute atomic E-state index is 0.0188. The van der Waals surface area contributed by atoms with Crippen molar-refractivity contribution in [3.63, 3.8) is 0 Å². The fourth-order valence-corrected chi connectivity index (χ4v) is 13.9. The molecule has 3 N–H and O–H groups in total. The van der Waals surface area contributed by atoms with Crippen molar-refractivity contribution in [3.05, 3.63) is 71.5 Å². The Morgan fingerprint density at radius 3 is 1.16 bits per heavy atom. The van der Waals surface area contributed by atoms with E-state index < -0.39 is 38.7 Å². The molecule has 1 fully saturated rings. The first-order valence-corrected chi connectivity index (χ1v) is 47.0. The van der Waals surface area contributed by atoms with E-state index in [1.54, 1.807) is 13.2 Å². The molecule has 0 bridgehead atoms. The number of nitrogens with one attached hydrogen (secondary N) is 1. The summed E-state index contributed by atoms with van der Waals surface area (Å²) in [6, 6.07) is 10.5. The van der Waals surface area contributed by atoms with Gasteiger partial charge in [0, 0.05) is 91.7 Å². The molecule has 0 unspecified atom stereocenters. The van der Waals surface area contributed by atoms with Gasteiger partial charge in [-0.2, -0.15) is 13.0 Å². The van der Waals surface area contributed by atoms with Crippen molar-refractivity contribution < 1.29 is 170 Å². The number of anilines is 1. The summed E-state index contributed by atoms with van der Waals surface area (Å²) in [7, 11) is -2.86. The van der Waals surface area contributed by atoms with Crippen LogP contribution in [0.1, 0.15) is 103 Å². The fourth-order valence-electron chi connectivity index (χ4n) is 13.0. The van der Waals surface area contributed by atoms with Crippen LogP contribution < -0.4 is 10.2 Å². The van der Waals surface area contributed by atoms with E-state index in [0.717, 1.165) is 58.8 Å². The van der Waals surface area contributed by atoms with E-state index in [0.29, 0.717) is 372 Å². The molecule has 0 saturated carbocycles. The molecule has 5 rings (SSSR count). The highest BCUT2D eigenvalue weighted by atomic mass is 32.2. The number of rotatable bonds is 91. The Kier molecular flexibility index (Phi) is 66.3. The zero-order valence-corrected chi connectivity index (χ0v) is 78.3. The summed E-state index contributed by atoms with van der Waals surface area (Å²) >= 11 is 0.864. The first kappa shape index (κ1) is 114. The number of carbonyl (C=O) groups excluding carboxylic acids is 4. The Hall–Kier alpha value is -5.35. The SMILES string of the molecule is COCCOCCOCCOCCOCCOCCOCCOCCOCCOCCOCCOCCOCCOCCOCCOCCOCCOCCOCCOCCOCCOCCOCCOCCNC(=O)CCCCCN1C(=CC=CC2=[N+](CCCCCC(=O)ON3C(=O)CCC3=O)c3ccc(SOOO)cc3C2(C)C)C(C)(C)c2cc(S(=O)(=O)O)ccc21. The van der Waals surface area contributed by atoms with Crippen molar-refractivity contribution in [3.8, 4) is 0 Å². The number of carbonyl (C=O) groups is 4. The van der Waals surface area contributed by atoms with E-state index in [4.69, 9.17) is 128 Å². The highest BCUT2D eigenvalue weighted by Crippen LogP contribution is 2.49. The van der Waals surface area contributed by atoms with Crippen molar-refractivity contribution in [2.24, 2.45) is 0 Å². The minimum atomic E-state index is -4.50. The van der Waals surface area contributed by atoms with Gasteiger partial charge in [0.15, 0.2) is 5.71 Å². The molecule has 0 atom stereocenters. The molecule has 740 valence electrons. The lowest BCUT2D eigenvalue weighted by atomic mass is 9.81. The summed E-state index contributed by atoms with van der Waals surface area (Å²) in [5.41, 5.74) is 4.17. The van der Waals surface area contributed by atoms with E-state index in [1.807, 2.05) is 44.2 Å². The summed E-state index contributed by atoms with van der Waals surface area (Å²) in [5.74, 6) is -1.78. The molecule has 0 aliphatic carbocycles. The monoisotopic (exact) mass is 1880 g/mol. The van der Waals surface area contributed by atoms with Gasteiger partial charge in [-0.15, -0.1) is 9.40 Å². The number of unbranched alkanes of at least 4 members (excludes halogenated alkanes) is 4. The number of methoxy groups -OCH3 is 1. The minimum Gasteiger partial charge on any atom is -0.382 e. The molecule has 39 nitrogen and oxygen atoms in total. The number of nitrogens with zero attached hydrogens (tertiary/aromatic N) is 3. The zero-order chi connectivity index (χ0) is 92.5. The van der Waals surface area contributed by atoms with Crippen LogP contribution in [0.3, 0.4) is 0 Å². The number of hydrogen-bond acceptors (Lipinski definition) is 36. The lowest BCUT2D eigenvalue weighted by Crippen LogP contribution is -2.31. The van der Waals surface area contributed by atoms with Crippen molar-refractivity contribution in [2.75, 3.05) is 342 Å². The first-order valence-electron chi connectivity index (χ1n) is 44.8. The van der Waals surface area contributed by atoms with Crippen LogP contribution in [0.4, 0.5) is 11.4 Å². The number of ether oxygens (including phenoxy) is 24. The number of hydroxylamine groups is 2. The highest BCUT2D eigenvalue weighted by molar-refractivity contribution is 7.94. The Balaban J connectivity index is 0.718. The number of imide groups is 1. The van der Waals surface area contributed by atoms with E-state index in [2.05, 4.69) is 39.8 Å². The molecule has 41 heteroatoms. The van der Waals surface area contributed by atoms with Crippen LogP contribution in [0.2, 0.25) is 0 Å². The summed E-state index contributed by atoms with van der Waals surface area (Å²) in [4.78, 5) is 57.0. The number of fused-ring (bicyclic) bond motifs is 2. The second kappa shape index (κ2) is 74.9. The van der Waals surface area contributed by atoms with Gasteiger partial charge in [-0.25, -0.2) is 10.1 Å². The van der Waals surface area contributed by atoms with Gasteiger partial charge in [-0.3, -0.25) is 18.9 Å². The molecule has 0 aromatic heterocycles. The van der Waals surface area contributed by atoms with E-state index in [9.17, 15) is 32.1 Å². The van der Waals surface area contributed by atoms with Gasteiger partial charge in [0.1, 0.15) is 6.54 Å². The van der Waals surface area contributed by atoms with Crippen LogP contribution in [0.5, 0.6) is 0 Å². The normalized spacial score (nSPS) is 14.6. The molecule has 2 aromatic carbocycles. The molecule has 0 radical (unpaired) electrons. The van der Waals surface area contributed by atoms with Crippen LogP contribution in [-0.2, 0) is 168 Å². The van der Waals surface area contributed by atoms with Gasteiger partial charge in [0.25, 0.3) is 21.9 Å². The lowest BCUT2D eigenvalue weighted by molar-refractivity contribution is -0.438. The number of allylic oxidation sites excluding steroid dienone is 4. The number of benzene rings is 2. The van der Waals surface area contributed by atoms with Crippen molar-refractivity contribution in [1.82, 2.24) is 10.4 Å². The van der Waals surface area contributed by atoms with E-state index in [-0.39, 0.29) is 30.1 Å². The average molecular weight is 1890 g/mol. The van der Waals surface area contributed by atoms with Crippen molar-refractivity contribution in [1.29, 1.82) is 0 Å². The van der Waals surface area contributed by atoms with Gasteiger partial charge in [0.2, 0.25) is 11.6 Å². The maximum Gasteiger partial charge on any atom is 0.333 e. The van der Waals surface area contributed by atoms with Crippen LogP contribution >= 0.6 is 12.0 Å².